The van der Waals surface area contributed by atoms with Gasteiger partial charge in [-0.1, -0.05) is 12.1 Å². The maximum absolute atomic E-state index is 12.7. The van der Waals surface area contributed by atoms with Crippen LogP contribution in [0.15, 0.2) is 48.7 Å². The normalized spacial score (nSPS) is 26.1. The Morgan fingerprint density at radius 2 is 2.08 bits per heavy atom. The van der Waals surface area contributed by atoms with Crippen molar-refractivity contribution in [2.45, 2.75) is 18.9 Å². The molecule has 4 nitrogen and oxygen atoms in total. The van der Waals surface area contributed by atoms with Gasteiger partial charge < -0.3 is 14.6 Å². The monoisotopic (exact) mass is 319 g/mol. The molecule has 2 aliphatic heterocycles. The summed E-state index contributed by atoms with van der Waals surface area (Å²) in [5, 5.41) is 4.42. The number of benzene rings is 1. The van der Waals surface area contributed by atoms with Gasteiger partial charge in [-0.25, -0.2) is 0 Å². The maximum Gasteiger partial charge on any atom is 0.251 e. The number of nitrogens with zero attached hydrogens (tertiary/aromatic N) is 2. The first-order valence-electron chi connectivity index (χ1n) is 8.79. The van der Waals surface area contributed by atoms with Gasteiger partial charge in [-0.15, -0.1) is 0 Å². The molecule has 4 heteroatoms. The summed E-state index contributed by atoms with van der Waals surface area (Å²) in [6, 6.07) is 14.6. The molecule has 1 aromatic carbocycles. The van der Waals surface area contributed by atoms with Gasteiger partial charge in [0, 0.05) is 41.8 Å². The van der Waals surface area contributed by atoms with Crippen LogP contribution < -0.4 is 5.32 Å². The molecule has 5 rings (SSSR count). The van der Waals surface area contributed by atoms with E-state index in [9.17, 15) is 4.79 Å². The van der Waals surface area contributed by atoms with E-state index in [1.807, 2.05) is 36.5 Å². The third kappa shape index (κ3) is 2.29. The average molecular weight is 319 g/mol. The van der Waals surface area contributed by atoms with Crippen molar-refractivity contribution in [1.29, 1.82) is 0 Å². The first-order valence-corrected chi connectivity index (χ1v) is 8.79. The maximum atomic E-state index is 12.7. The highest BCUT2D eigenvalue weighted by Gasteiger charge is 2.32. The summed E-state index contributed by atoms with van der Waals surface area (Å²) in [4.78, 5) is 15.2. The minimum absolute atomic E-state index is 0.0512. The fourth-order valence-electron chi connectivity index (χ4n) is 4.40. The Hall–Kier alpha value is -2.33. The van der Waals surface area contributed by atoms with Gasteiger partial charge in [-0.2, -0.15) is 0 Å². The number of carbonyl (C=O) groups is 1. The van der Waals surface area contributed by atoms with E-state index in [4.69, 9.17) is 0 Å². The van der Waals surface area contributed by atoms with Crippen molar-refractivity contribution < 1.29 is 4.79 Å². The average Bonchev–Trinajstić information content (AvgIpc) is 3.14. The van der Waals surface area contributed by atoms with E-state index in [2.05, 4.69) is 26.8 Å². The zero-order chi connectivity index (χ0) is 16.1. The Labute approximate surface area is 141 Å². The number of hydrogen-bond acceptors (Lipinski definition) is 2. The fourth-order valence-corrected chi connectivity index (χ4v) is 4.40. The summed E-state index contributed by atoms with van der Waals surface area (Å²) >= 11 is 0. The SMILES string of the molecule is O=C(N[C@@H]1CC2CCN(C2)C1)c1ccc2cc3ccccn3c2c1. The molecular formula is C20H21N3O. The molecule has 2 bridgehead atoms. The van der Waals surface area contributed by atoms with Crippen molar-refractivity contribution in [3.05, 3.63) is 54.2 Å². The third-order valence-corrected chi connectivity index (χ3v) is 5.55. The number of hydrogen-bond donors (Lipinski definition) is 1. The van der Waals surface area contributed by atoms with E-state index < -0.39 is 0 Å². The van der Waals surface area contributed by atoms with E-state index in [1.54, 1.807) is 0 Å². The topological polar surface area (TPSA) is 36.8 Å². The van der Waals surface area contributed by atoms with Gasteiger partial charge in [0.05, 0.1) is 5.52 Å². The van der Waals surface area contributed by atoms with E-state index in [-0.39, 0.29) is 5.91 Å². The highest BCUT2D eigenvalue weighted by atomic mass is 16.1. The number of piperidine rings is 1. The van der Waals surface area contributed by atoms with Crippen LogP contribution in [0.4, 0.5) is 0 Å². The molecule has 4 heterocycles. The van der Waals surface area contributed by atoms with Gasteiger partial charge in [-0.05, 0) is 55.6 Å². The molecule has 1 amide bonds. The lowest BCUT2D eigenvalue weighted by Crippen LogP contribution is -2.47. The minimum Gasteiger partial charge on any atom is -0.348 e. The van der Waals surface area contributed by atoms with Crippen LogP contribution in [0.25, 0.3) is 16.4 Å². The second-order valence-corrected chi connectivity index (χ2v) is 7.23. The molecule has 0 saturated carbocycles. The first-order chi connectivity index (χ1) is 11.8. The molecule has 2 unspecified atom stereocenters. The van der Waals surface area contributed by atoms with Crippen molar-refractivity contribution in [2.24, 2.45) is 5.92 Å². The van der Waals surface area contributed by atoms with Crippen LogP contribution in [0, 0.1) is 5.92 Å². The number of nitrogens with one attached hydrogen (secondary N) is 1. The Kier molecular flexibility index (Phi) is 3.13. The largest absolute Gasteiger partial charge is 0.348 e. The van der Waals surface area contributed by atoms with Crippen molar-refractivity contribution in [2.75, 3.05) is 19.6 Å². The summed E-state index contributed by atoms with van der Waals surface area (Å²) in [7, 11) is 0. The second kappa shape index (κ2) is 5.35. The molecule has 3 atom stereocenters. The van der Waals surface area contributed by atoms with Crippen LogP contribution in [0.5, 0.6) is 0 Å². The molecule has 0 radical (unpaired) electrons. The van der Waals surface area contributed by atoms with E-state index >= 15 is 0 Å². The molecule has 122 valence electrons. The Balaban J connectivity index is 1.43. The van der Waals surface area contributed by atoms with Crippen LogP contribution in [0.1, 0.15) is 23.2 Å². The minimum atomic E-state index is 0.0512. The van der Waals surface area contributed by atoms with Gasteiger partial charge in [0.15, 0.2) is 0 Å². The Bertz CT molecular complexity index is 917. The van der Waals surface area contributed by atoms with Crippen molar-refractivity contribution in [3.63, 3.8) is 0 Å². The predicted octanol–water partition coefficient (Wildman–Crippen LogP) is 2.92. The van der Waals surface area contributed by atoms with Crippen LogP contribution in [-0.2, 0) is 0 Å². The van der Waals surface area contributed by atoms with Gasteiger partial charge in [0.1, 0.15) is 0 Å². The van der Waals surface area contributed by atoms with Crippen LogP contribution in [0.2, 0.25) is 0 Å². The second-order valence-electron chi connectivity index (χ2n) is 7.23. The third-order valence-electron chi connectivity index (χ3n) is 5.55. The summed E-state index contributed by atoms with van der Waals surface area (Å²) in [6.45, 7) is 3.41. The van der Waals surface area contributed by atoms with Gasteiger partial charge >= 0.3 is 0 Å². The van der Waals surface area contributed by atoms with Crippen molar-refractivity contribution >= 4 is 22.3 Å². The van der Waals surface area contributed by atoms with Gasteiger partial charge in [0.2, 0.25) is 0 Å². The lowest BCUT2D eigenvalue weighted by Gasteiger charge is -2.30. The smallest absolute Gasteiger partial charge is 0.251 e. The molecule has 2 aliphatic rings. The van der Waals surface area contributed by atoms with E-state index in [0.29, 0.717) is 6.04 Å². The van der Waals surface area contributed by atoms with Crippen LogP contribution in [-0.4, -0.2) is 40.9 Å². The highest BCUT2D eigenvalue weighted by molar-refractivity contribution is 5.99. The fraction of sp³-hybridized carbons (Fsp3) is 0.350. The molecule has 0 aliphatic carbocycles. The lowest BCUT2D eigenvalue weighted by molar-refractivity contribution is 0.0909. The number of aromatic nitrogens is 1. The number of carbonyl (C=O) groups excluding carboxylic acids is 1. The number of fused-ring (bicyclic) bond motifs is 5. The van der Waals surface area contributed by atoms with Crippen LogP contribution in [0.3, 0.4) is 0 Å². The summed E-state index contributed by atoms with van der Waals surface area (Å²) in [5.74, 6) is 0.816. The van der Waals surface area contributed by atoms with Gasteiger partial charge in [0.25, 0.3) is 5.91 Å². The number of pyridine rings is 1. The van der Waals surface area contributed by atoms with Crippen molar-refractivity contribution in [1.82, 2.24) is 14.6 Å². The molecular weight excluding hydrogens is 298 g/mol. The van der Waals surface area contributed by atoms with Crippen LogP contribution >= 0.6 is 0 Å². The Morgan fingerprint density at radius 1 is 1.12 bits per heavy atom. The summed E-state index contributed by atoms with van der Waals surface area (Å²) < 4.78 is 2.14. The molecule has 0 spiro atoms. The van der Waals surface area contributed by atoms with E-state index in [1.165, 1.54) is 24.9 Å². The standard InChI is InChI=1S/C20H21N3O/c24-20(21-17-9-14-6-8-22(12-14)13-17)16-5-4-15-10-18-3-1-2-7-23(18)19(15)11-16/h1-5,7,10-11,14,17H,6,8-9,12-13H2,(H,21,24)/t14?,17-/m1/s1. The molecule has 1 N–H and O–H groups in total. The first kappa shape index (κ1) is 14.1. The molecule has 3 aromatic rings. The Morgan fingerprint density at radius 3 is 3.00 bits per heavy atom. The molecule has 2 aromatic heterocycles. The number of rotatable bonds is 2. The molecule has 24 heavy (non-hydrogen) atoms. The number of amides is 1. The zero-order valence-electron chi connectivity index (χ0n) is 13.6. The van der Waals surface area contributed by atoms with E-state index in [0.717, 1.165) is 35.5 Å². The van der Waals surface area contributed by atoms with Gasteiger partial charge in [-0.3, -0.25) is 4.79 Å². The lowest BCUT2D eigenvalue weighted by atomic mass is 9.96. The summed E-state index contributed by atoms with van der Waals surface area (Å²) in [6.07, 6.45) is 4.46. The van der Waals surface area contributed by atoms with Crippen molar-refractivity contribution in [3.8, 4) is 0 Å². The predicted molar refractivity (Wildman–Crippen MR) is 95.3 cm³/mol. The quantitative estimate of drug-likeness (QED) is 0.788. The summed E-state index contributed by atoms with van der Waals surface area (Å²) in [5.41, 5.74) is 2.99. The highest BCUT2D eigenvalue weighted by Crippen LogP contribution is 2.27. The molecule has 2 saturated heterocycles. The molecule has 2 fully saturated rings. The zero-order valence-corrected chi connectivity index (χ0v) is 13.6.